The number of nitrogens with zero attached hydrogens (tertiary/aromatic N) is 1. The van der Waals surface area contributed by atoms with Gasteiger partial charge >= 0.3 is 0 Å². The zero-order chi connectivity index (χ0) is 21.9. The van der Waals surface area contributed by atoms with Gasteiger partial charge in [-0.15, -0.1) is 11.3 Å². The lowest BCUT2D eigenvalue weighted by Gasteiger charge is -2.31. The second-order valence-electron chi connectivity index (χ2n) is 7.94. The number of likely N-dealkylation sites (tertiary alicyclic amines) is 1. The Morgan fingerprint density at radius 3 is 2.44 bits per heavy atom. The number of fused-ring (bicyclic) bond motifs is 1. The first-order valence-electron chi connectivity index (χ1n) is 10.8. The van der Waals surface area contributed by atoms with Gasteiger partial charge < -0.3 is 19.7 Å². The van der Waals surface area contributed by atoms with Gasteiger partial charge in [0.05, 0.1) is 4.88 Å². The molecule has 164 valence electrons. The monoisotopic (exact) mass is 448 g/mol. The van der Waals surface area contributed by atoms with Crippen molar-refractivity contribution in [1.82, 2.24) is 4.90 Å². The maximum atomic E-state index is 13.0. The smallest absolute Gasteiger partial charge is 0.263 e. The van der Waals surface area contributed by atoms with Crippen LogP contribution in [0.1, 0.15) is 22.5 Å². The predicted molar refractivity (Wildman–Crippen MR) is 124 cm³/mol. The molecule has 0 saturated carbocycles. The van der Waals surface area contributed by atoms with Gasteiger partial charge in [-0.1, -0.05) is 18.2 Å². The molecule has 5 rings (SSSR count). The quantitative estimate of drug-likeness (QED) is 0.630. The Kier molecular flexibility index (Phi) is 5.81. The maximum absolute atomic E-state index is 13.0. The van der Waals surface area contributed by atoms with Gasteiger partial charge in [-0.3, -0.25) is 9.59 Å². The number of ether oxygens (including phenoxy) is 2. The molecule has 0 aliphatic carbocycles. The van der Waals surface area contributed by atoms with E-state index in [0.29, 0.717) is 44.0 Å². The number of benzene rings is 2. The van der Waals surface area contributed by atoms with Gasteiger partial charge in [-0.05, 0) is 60.9 Å². The van der Waals surface area contributed by atoms with Crippen LogP contribution in [-0.4, -0.2) is 43.0 Å². The molecule has 0 unspecified atom stereocenters. The minimum Gasteiger partial charge on any atom is -0.486 e. The van der Waals surface area contributed by atoms with Gasteiger partial charge in [0.1, 0.15) is 13.2 Å². The molecule has 32 heavy (non-hydrogen) atoms. The van der Waals surface area contributed by atoms with E-state index in [1.165, 1.54) is 11.3 Å². The van der Waals surface area contributed by atoms with E-state index in [4.69, 9.17) is 9.47 Å². The second-order valence-corrected chi connectivity index (χ2v) is 9.03. The Labute approximate surface area is 190 Å². The maximum Gasteiger partial charge on any atom is 0.263 e. The lowest BCUT2D eigenvalue weighted by Crippen LogP contribution is -2.41. The number of carbonyl (C=O) groups is 2. The number of hydrogen-bond acceptors (Lipinski definition) is 5. The summed E-state index contributed by atoms with van der Waals surface area (Å²) in [4.78, 5) is 29.2. The third kappa shape index (κ3) is 4.34. The van der Waals surface area contributed by atoms with Crippen molar-refractivity contribution in [1.29, 1.82) is 0 Å². The fraction of sp³-hybridized carbons (Fsp3) is 0.280. The molecular weight excluding hydrogens is 424 g/mol. The Balaban J connectivity index is 1.20. The fourth-order valence-electron chi connectivity index (χ4n) is 4.07. The van der Waals surface area contributed by atoms with Crippen molar-refractivity contribution in [2.75, 3.05) is 31.6 Å². The second kappa shape index (κ2) is 9.04. The van der Waals surface area contributed by atoms with E-state index in [0.717, 1.165) is 27.6 Å². The molecule has 1 aromatic heterocycles. The average molecular weight is 449 g/mol. The van der Waals surface area contributed by atoms with Gasteiger partial charge in [-0.25, -0.2) is 0 Å². The molecule has 2 aliphatic heterocycles. The first-order valence-corrected chi connectivity index (χ1v) is 11.6. The van der Waals surface area contributed by atoms with E-state index >= 15 is 0 Å². The van der Waals surface area contributed by atoms with E-state index in [1.807, 2.05) is 65.6 Å². The lowest BCUT2D eigenvalue weighted by atomic mass is 9.95. The van der Waals surface area contributed by atoms with Crippen LogP contribution in [0, 0.1) is 5.92 Å². The van der Waals surface area contributed by atoms with Crippen LogP contribution >= 0.6 is 11.3 Å². The highest BCUT2D eigenvalue weighted by Gasteiger charge is 2.28. The predicted octanol–water partition coefficient (Wildman–Crippen LogP) is 4.68. The molecule has 7 heteroatoms. The SMILES string of the molecule is O=C(Nc1ccccc1)C1CCN(C(=O)c2ccc(-c3ccc4c(c3)OCCO4)s2)CC1. The van der Waals surface area contributed by atoms with Gasteiger partial charge in [0.15, 0.2) is 11.5 Å². The number of amides is 2. The zero-order valence-electron chi connectivity index (χ0n) is 17.6. The third-order valence-corrected chi connectivity index (χ3v) is 6.96. The Hall–Kier alpha value is -3.32. The molecular formula is C25H24N2O4S. The molecule has 2 aromatic carbocycles. The first kappa shape index (κ1) is 20.6. The minimum absolute atomic E-state index is 0.0281. The number of carbonyl (C=O) groups excluding carboxylic acids is 2. The summed E-state index contributed by atoms with van der Waals surface area (Å²) < 4.78 is 11.3. The van der Waals surface area contributed by atoms with Crippen molar-refractivity contribution in [2.45, 2.75) is 12.8 Å². The Bertz CT molecular complexity index is 1120. The summed E-state index contributed by atoms with van der Waals surface area (Å²) in [7, 11) is 0. The number of nitrogens with one attached hydrogen (secondary N) is 1. The molecule has 3 aromatic rings. The molecule has 1 saturated heterocycles. The number of anilines is 1. The third-order valence-electron chi connectivity index (χ3n) is 5.84. The summed E-state index contributed by atoms with van der Waals surface area (Å²) in [5.41, 5.74) is 1.82. The van der Waals surface area contributed by atoms with Gasteiger partial charge in [-0.2, -0.15) is 0 Å². The van der Waals surface area contributed by atoms with E-state index < -0.39 is 0 Å². The molecule has 0 spiro atoms. The first-order chi connectivity index (χ1) is 15.7. The molecule has 2 aliphatic rings. The topological polar surface area (TPSA) is 67.9 Å². The van der Waals surface area contributed by atoms with Crippen molar-refractivity contribution in [3.8, 4) is 21.9 Å². The summed E-state index contributed by atoms with van der Waals surface area (Å²) >= 11 is 1.48. The van der Waals surface area contributed by atoms with E-state index in [-0.39, 0.29) is 17.7 Å². The van der Waals surface area contributed by atoms with Crippen LogP contribution in [0.4, 0.5) is 5.69 Å². The normalized spacial score (nSPS) is 15.9. The largest absolute Gasteiger partial charge is 0.486 e. The van der Waals surface area contributed by atoms with Crippen LogP contribution in [0.25, 0.3) is 10.4 Å². The Morgan fingerprint density at radius 1 is 0.906 bits per heavy atom. The lowest BCUT2D eigenvalue weighted by molar-refractivity contribution is -0.121. The number of piperidine rings is 1. The number of hydrogen-bond donors (Lipinski definition) is 1. The van der Waals surface area contributed by atoms with Crippen LogP contribution in [0.3, 0.4) is 0 Å². The van der Waals surface area contributed by atoms with Crippen molar-refractivity contribution >= 4 is 28.8 Å². The summed E-state index contributed by atoms with van der Waals surface area (Å²) in [6.45, 7) is 2.28. The van der Waals surface area contributed by atoms with Crippen LogP contribution < -0.4 is 14.8 Å². The summed E-state index contributed by atoms with van der Waals surface area (Å²) in [5, 5.41) is 2.97. The van der Waals surface area contributed by atoms with E-state index in [9.17, 15) is 9.59 Å². The standard InChI is InChI=1S/C25H24N2O4S/c28-24(26-19-4-2-1-3-5-19)17-10-12-27(13-11-17)25(29)23-9-8-22(32-23)18-6-7-20-21(16-18)31-15-14-30-20/h1-9,16-17H,10-15H2,(H,26,28). The molecule has 3 heterocycles. The van der Waals surface area contributed by atoms with E-state index in [2.05, 4.69) is 5.32 Å². The highest BCUT2D eigenvalue weighted by Crippen LogP contribution is 2.37. The highest BCUT2D eigenvalue weighted by molar-refractivity contribution is 7.17. The molecule has 1 N–H and O–H groups in total. The summed E-state index contributed by atoms with van der Waals surface area (Å²) in [5.74, 6) is 1.48. The van der Waals surface area contributed by atoms with E-state index in [1.54, 1.807) is 0 Å². The fourth-order valence-corrected chi connectivity index (χ4v) is 5.04. The molecule has 1 fully saturated rings. The van der Waals surface area contributed by atoms with Gasteiger partial charge in [0.25, 0.3) is 5.91 Å². The number of rotatable bonds is 4. The van der Waals surface area contributed by atoms with Crippen molar-refractivity contribution in [2.24, 2.45) is 5.92 Å². The van der Waals surface area contributed by atoms with Crippen molar-refractivity contribution < 1.29 is 19.1 Å². The molecule has 6 nitrogen and oxygen atoms in total. The number of para-hydroxylation sites is 1. The van der Waals surface area contributed by atoms with Crippen LogP contribution in [0.15, 0.2) is 60.7 Å². The molecule has 0 bridgehead atoms. The van der Waals surface area contributed by atoms with Crippen LogP contribution in [-0.2, 0) is 4.79 Å². The summed E-state index contributed by atoms with van der Waals surface area (Å²) in [6.07, 6.45) is 1.34. The number of thiophene rings is 1. The van der Waals surface area contributed by atoms with Gasteiger partial charge in [0, 0.05) is 29.6 Å². The van der Waals surface area contributed by atoms with Crippen molar-refractivity contribution in [3.63, 3.8) is 0 Å². The molecule has 0 radical (unpaired) electrons. The van der Waals surface area contributed by atoms with Crippen molar-refractivity contribution in [3.05, 3.63) is 65.5 Å². The van der Waals surface area contributed by atoms with Crippen LogP contribution in [0.2, 0.25) is 0 Å². The Morgan fingerprint density at radius 2 is 1.66 bits per heavy atom. The van der Waals surface area contributed by atoms with Gasteiger partial charge in [0.2, 0.25) is 5.91 Å². The highest BCUT2D eigenvalue weighted by atomic mass is 32.1. The summed E-state index contributed by atoms with van der Waals surface area (Å²) in [6, 6.07) is 19.2. The minimum atomic E-state index is -0.0733. The molecule has 2 amide bonds. The van der Waals surface area contributed by atoms with Crippen LogP contribution in [0.5, 0.6) is 11.5 Å². The molecule has 0 atom stereocenters. The zero-order valence-corrected chi connectivity index (χ0v) is 18.4. The average Bonchev–Trinajstić information content (AvgIpc) is 3.34.